The Balaban J connectivity index is 1.46. The van der Waals surface area contributed by atoms with Crippen molar-refractivity contribution in [1.29, 1.82) is 0 Å². The Hall–Kier alpha value is -2.54. The number of hydrogen-bond acceptors (Lipinski definition) is 5. The molecule has 0 N–H and O–H groups in total. The minimum atomic E-state index is -0.141. The molecule has 3 heterocycles. The van der Waals surface area contributed by atoms with Gasteiger partial charge in [0.15, 0.2) is 17.1 Å². The minimum Gasteiger partial charge on any atom is -0.493 e. The number of halogens is 1. The number of hydrogen-bond donors (Lipinski definition) is 0. The first-order valence-electron chi connectivity index (χ1n) is 8.28. The Morgan fingerprint density at radius 1 is 1.35 bits per heavy atom. The molecule has 1 saturated heterocycles. The molecule has 1 aromatic carbocycles. The SMILES string of the molecule is COc1cccc2cc(C(=O)N3CCC(Oc4ccc(Br)cn4)C3)oc12. The normalized spacial score (nSPS) is 16.8. The molecule has 0 spiro atoms. The molecule has 26 heavy (non-hydrogen) atoms. The molecule has 0 saturated carbocycles. The Kier molecular flexibility index (Phi) is 4.55. The summed E-state index contributed by atoms with van der Waals surface area (Å²) < 4.78 is 17.8. The second kappa shape index (κ2) is 6.99. The van der Waals surface area contributed by atoms with E-state index >= 15 is 0 Å². The van der Waals surface area contributed by atoms with Crippen LogP contribution in [0.15, 0.2) is 51.5 Å². The summed E-state index contributed by atoms with van der Waals surface area (Å²) >= 11 is 3.35. The molecule has 0 bridgehead atoms. The van der Waals surface area contributed by atoms with Crippen LogP contribution in [0, 0.1) is 0 Å². The standard InChI is InChI=1S/C19H17BrN2O4/c1-24-15-4-2-3-12-9-16(26-18(12)15)19(23)22-8-7-14(11-22)25-17-6-5-13(20)10-21-17/h2-6,9-10,14H,7-8,11H2,1H3. The number of ether oxygens (including phenoxy) is 2. The van der Waals surface area contributed by atoms with Crippen LogP contribution in [-0.4, -0.2) is 42.1 Å². The van der Waals surface area contributed by atoms with E-state index in [1.54, 1.807) is 30.3 Å². The molecule has 134 valence electrons. The van der Waals surface area contributed by atoms with Crippen molar-refractivity contribution >= 4 is 32.8 Å². The van der Waals surface area contributed by atoms with Crippen molar-refractivity contribution in [3.05, 3.63) is 52.8 Å². The van der Waals surface area contributed by atoms with Gasteiger partial charge < -0.3 is 18.8 Å². The van der Waals surface area contributed by atoms with Crippen molar-refractivity contribution < 1.29 is 18.7 Å². The number of para-hydroxylation sites is 1. The molecule has 7 heteroatoms. The maximum atomic E-state index is 12.8. The van der Waals surface area contributed by atoms with E-state index < -0.39 is 0 Å². The quantitative estimate of drug-likeness (QED) is 0.645. The van der Waals surface area contributed by atoms with Gasteiger partial charge in [-0.25, -0.2) is 4.98 Å². The van der Waals surface area contributed by atoms with E-state index in [1.807, 2.05) is 24.3 Å². The lowest BCUT2D eigenvalue weighted by molar-refractivity contribution is 0.0742. The van der Waals surface area contributed by atoms with E-state index in [0.29, 0.717) is 36.1 Å². The van der Waals surface area contributed by atoms with Crippen molar-refractivity contribution in [2.24, 2.45) is 0 Å². The predicted octanol–water partition coefficient (Wildman–Crippen LogP) is 3.89. The van der Waals surface area contributed by atoms with Crippen LogP contribution in [0.2, 0.25) is 0 Å². The van der Waals surface area contributed by atoms with E-state index in [2.05, 4.69) is 20.9 Å². The number of benzene rings is 1. The molecule has 1 aliphatic heterocycles. The van der Waals surface area contributed by atoms with Crippen molar-refractivity contribution in [1.82, 2.24) is 9.88 Å². The summed E-state index contributed by atoms with van der Waals surface area (Å²) in [7, 11) is 1.58. The lowest BCUT2D eigenvalue weighted by atomic mass is 10.2. The van der Waals surface area contributed by atoms with Gasteiger partial charge in [-0.15, -0.1) is 0 Å². The van der Waals surface area contributed by atoms with Gasteiger partial charge in [0.05, 0.1) is 13.7 Å². The molecule has 0 aliphatic carbocycles. The number of rotatable bonds is 4. The van der Waals surface area contributed by atoms with E-state index in [9.17, 15) is 4.79 Å². The summed E-state index contributed by atoms with van der Waals surface area (Å²) in [6.07, 6.45) is 2.37. The highest BCUT2D eigenvalue weighted by Crippen LogP contribution is 2.29. The number of methoxy groups -OCH3 is 1. The molecule has 1 amide bonds. The average Bonchev–Trinajstić information content (AvgIpc) is 3.29. The molecule has 6 nitrogen and oxygen atoms in total. The van der Waals surface area contributed by atoms with Gasteiger partial charge in [-0.05, 0) is 34.1 Å². The monoisotopic (exact) mass is 416 g/mol. The topological polar surface area (TPSA) is 64.8 Å². The van der Waals surface area contributed by atoms with Gasteiger partial charge >= 0.3 is 0 Å². The minimum absolute atomic E-state index is 0.0773. The summed E-state index contributed by atoms with van der Waals surface area (Å²) in [4.78, 5) is 18.7. The summed E-state index contributed by atoms with van der Waals surface area (Å²) in [6.45, 7) is 1.12. The van der Waals surface area contributed by atoms with Crippen LogP contribution in [0.25, 0.3) is 11.0 Å². The van der Waals surface area contributed by atoms with Crippen LogP contribution < -0.4 is 9.47 Å². The third-order valence-corrected chi connectivity index (χ3v) is 4.83. The molecule has 4 rings (SSSR count). The number of carbonyl (C=O) groups is 1. The van der Waals surface area contributed by atoms with Crippen LogP contribution in [0.1, 0.15) is 17.0 Å². The van der Waals surface area contributed by atoms with Gasteiger partial charge in [0, 0.05) is 35.1 Å². The zero-order valence-electron chi connectivity index (χ0n) is 14.1. The zero-order valence-corrected chi connectivity index (χ0v) is 15.7. The van der Waals surface area contributed by atoms with Gasteiger partial charge in [0.2, 0.25) is 5.88 Å². The second-order valence-corrected chi connectivity index (χ2v) is 7.00. The number of pyridine rings is 1. The van der Waals surface area contributed by atoms with Gasteiger partial charge in [-0.2, -0.15) is 0 Å². The van der Waals surface area contributed by atoms with Gasteiger partial charge in [-0.1, -0.05) is 12.1 Å². The molecule has 2 aromatic heterocycles. The van der Waals surface area contributed by atoms with Crippen molar-refractivity contribution in [3.63, 3.8) is 0 Å². The summed E-state index contributed by atoms with van der Waals surface area (Å²) in [5.41, 5.74) is 0.587. The first kappa shape index (κ1) is 16.9. The highest BCUT2D eigenvalue weighted by molar-refractivity contribution is 9.10. The van der Waals surface area contributed by atoms with Crippen molar-refractivity contribution in [2.45, 2.75) is 12.5 Å². The van der Waals surface area contributed by atoms with Crippen LogP contribution in [-0.2, 0) is 0 Å². The number of nitrogens with zero attached hydrogens (tertiary/aromatic N) is 2. The Labute approximate surface area is 158 Å². The third-order valence-electron chi connectivity index (χ3n) is 4.36. The van der Waals surface area contributed by atoms with Crippen molar-refractivity contribution in [3.8, 4) is 11.6 Å². The molecule has 1 fully saturated rings. The molecule has 3 aromatic rings. The van der Waals surface area contributed by atoms with Gasteiger partial charge in [0.25, 0.3) is 5.91 Å². The van der Waals surface area contributed by atoms with Crippen LogP contribution in [0.4, 0.5) is 0 Å². The van der Waals surface area contributed by atoms with E-state index in [0.717, 1.165) is 16.3 Å². The smallest absolute Gasteiger partial charge is 0.289 e. The summed E-state index contributed by atoms with van der Waals surface area (Å²) in [5.74, 6) is 1.34. The van der Waals surface area contributed by atoms with E-state index in [-0.39, 0.29) is 12.0 Å². The molecule has 0 radical (unpaired) electrons. The maximum Gasteiger partial charge on any atom is 0.289 e. The van der Waals surface area contributed by atoms with Crippen molar-refractivity contribution in [2.75, 3.05) is 20.2 Å². The molecular weight excluding hydrogens is 400 g/mol. The third kappa shape index (κ3) is 3.26. The Morgan fingerprint density at radius 2 is 2.23 bits per heavy atom. The molecule has 1 atom stereocenters. The first-order chi connectivity index (χ1) is 12.6. The largest absolute Gasteiger partial charge is 0.493 e. The maximum absolute atomic E-state index is 12.8. The van der Waals surface area contributed by atoms with Crippen LogP contribution >= 0.6 is 15.9 Å². The first-order valence-corrected chi connectivity index (χ1v) is 9.07. The Bertz CT molecular complexity index is 938. The number of fused-ring (bicyclic) bond motifs is 1. The highest BCUT2D eigenvalue weighted by Gasteiger charge is 2.30. The predicted molar refractivity (Wildman–Crippen MR) is 99.6 cm³/mol. The van der Waals surface area contributed by atoms with Gasteiger partial charge in [-0.3, -0.25) is 4.79 Å². The number of amides is 1. The lowest BCUT2D eigenvalue weighted by Gasteiger charge is -2.15. The van der Waals surface area contributed by atoms with E-state index in [4.69, 9.17) is 13.9 Å². The fraction of sp³-hybridized carbons (Fsp3) is 0.263. The molecular formula is C19H17BrN2O4. The van der Waals surface area contributed by atoms with Crippen LogP contribution in [0.3, 0.4) is 0 Å². The number of furan rings is 1. The summed E-state index contributed by atoms with van der Waals surface area (Å²) in [5, 5.41) is 0.846. The fourth-order valence-electron chi connectivity index (χ4n) is 3.07. The van der Waals surface area contributed by atoms with Gasteiger partial charge in [0.1, 0.15) is 6.10 Å². The van der Waals surface area contributed by atoms with Crippen LogP contribution in [0.5, 0.6) is 11.6 Å². The number of aromatic nitrogens is 1. The average molecular weight is 417 g/mol. The molecule has 1 aliphatic rings. The fourth-order valence-corrected chi connectivity index (χ4v) is 3.30. The highest BCUT2D eigenvalue weighted by atomic mass is 79.9. The van der Waals surface area contributed by atoms with E-state index in [1.165, 1.54) is 0 Å². The zero-order chi connectivity index (χ0) is 18.1. The second-order valence-electron chi connectivity index (χ2n) is 6.08. The summed E-state index contributed by atoms with van der Waals surface area (Å²) in [6, 6.07) is 11.0. The lowest BCUT2D eigenvalue weighted by Crippen LogP contribution is -2.30. The number of likely N-dealkylation sites (tertiary alicyclic amines) is 1. The number of carbonyl (C=O) groups excluding carboxylic acids is 1. The molecule has 1 unspecified atom stereocenters. The Morgan fingerprint density at radius 3 is 3.00 bits per heavy atom.